The molecule has 1 aromatic carbocycles. The number of carboxylic acid groups (broad SMARTS) is 1. The molecule has 122 valence electrons. The lowest BCUT2D eigenvalue weighted by atomic mass is 10.1. The van der Waals surface area contributed by atoms with Crippen LogP contribution in [-0.2, 0) is 9.53 Å². The van der Waals surface area contributed by atoms with Gasteiger partial charge in [-0.15, -0.1) is 0 Å². The number of methoxy groups -OCH3 is 1. The first-order chi connectivity index (χ1) is 10.1. The molecule has 0 aliphatic rings. The van der Waals surface area contributed by atoms with Crippen LogP contribution in [0.3, 0.4) is 0 Å². The average molecular weight is 334 g/mol. The van der Waals surface area contributed by atoms with Crippen molar-refractivity contribution in [2.24, 2.45) is 0 Å². The van der Waals surface area contributed by atoms with Crippen molar-refractivity contribution in [3.63, 3.8) is 0 Å². The molecule has 1 aromatic rings. The predicted octanol–water partition coefficient (Wildman–Crippen LogP) is 3.14. The Bertz CT molecular complexity index is 585. The van der Waals surface area contributed by atoms with Gasteiger partial charge >= 0.3 is 12.1 Å². The lowest BCUT2D eigenvalue weighted by molar-refractivity contribution is -0.139. The Morgan fingerprint density at radius 2 is 1.95 bits per heavy atom. The Morgan fingerprint density at radius 3 is 2.41 bits per heavy atom. The summed E-state index contributed by atoms with van der Waals surface area (Å²) >= 11 is 5.75. The number of nitrogens with one attached hydrogen (secondary N) is 1. The molecule has 1 atom stereocenters. The van der Waals surface area contributed by atoms with Crippen molar-refractivity contribution in [3.05, 3.63) is 28.5 Å². The van der Waals surface area contributed by atoms with E-state index in [4.69, 9.17) is 21.1 Å². The number of hydrogen-bond donors (Lipinski definition) is 2. The topological polar surface area (TPSA) is 84.9 Å². The van der Waals surface area contributed by atoms with Crippen molar-refractivity contribution in [3.8, 4) is 5.75 Å². The second kappa shape index (κ2) is 6.83. The van der Waals surface area contributed by atoms with E-state index in [-0.39, 0.29) is 16.3 Å². The molecule has 0 radical (unpaired) electrons. The van der Waals surface area contributed by atoms with E-state index in [0.717, 1.165) is 0 Å². The number of halogens is 2. The minimum atomic E-state index is -1.64. The van der Waals surface area contributed by atoms with Gasteiger partial charge in [-0.05, 0) is 32.9 Å². The number of aliphatic carboxylic acids is 1. The van der Waals surface area contributed by atoms with E-state index in [0.29, 0.717) is 0 Å². The molecule has 0 bridgehead atoms. The first kappa shape index (κ1) is 18.0. The summed E-state index contributed by atoms with van der Waals surface area (Å²) in [7, 11) is 1.30. The summed E-state index contributed by atoms with van der Waals surface area (Å²) in [5.41, 5.74) is -1.12. The molecule has 8 heteroatoms. The Hall–Kier alpha value is -2.02. The van der Waals surface area contributed by atoms with Gasteiger partial charge in [-0.25, -0.2) is 14.0 Å². The highest BCUT2D eigenvalue weighted by Gasteiger charge is 2.29. The maximum absolute atomic E-state index is 14.2. The van der Waals surface area contributed by atoms with E-state index in [9.17, 15) is 19.1 Å². The van der Waals surface area contributed by atoms with Crippen LogP contribution < -0.4 is 10.1 Å². The van der Waals surface area contributed by atoms with Gasteiger partial charge in [-0.2, -0.15) is 0 Å². The zero-order valence-corrected chi connectivity index (χ0v) is 13.3. The molecule has 0 aliphatic carbocycles. The number of carbonyl (C=O) groups excluding carboxylic acids is 1. The molecular weight excluding hydrogens is 317 g/mol. The number of carbonyl (C=O) groups is 2. The van der Waals surface area contributed by atoms with Crippen LogP contribution in [0.25, 0.3) is 0 Å². The van der Waals surface area contributed by atoms with Gasteiger partial charge in [-0.3, -0.25) is 0 Å². The van der Waals surface area contributed by atoms with E-state index in [2.05, 4.69) is 5.32 Å². The summed E-state index contributed by atoms with van der Waals surface area (Å²) < 4.78 is 24.0. The third-order valence-electron chi connectivity index (χ3n) is 2.52. The fourth-order valence-corrected chi connectivity index (χ4v) is 1.87. The van der Waals surface area contributed by atoms with Crippen LogP contribution in [0.2, 0.25) is 5.02 Å². The van der Waals surface area contributed by atoms with Crippen LogP contribution in [0, 0.1) is 5.82 Å². The summed E-state index contributed by atoms with van der Waals surface area (Å²) in [4.78, 5) is 23.0. The van der Waals surface area contributed by atoms with Crippen LogP contribution in [0.15, 0.2) is 12.1 Å². The molecule has 22 heavy (non-hydrogen) atoms. The minimum Gasteiger partial charge on any atom is -0.495 e. The molecule has 0 saturated carbocycles. The number of hydrogen-bond acceptors (Lipinski definition) is 4. The zero-order valence-electron chi connectivity index (χ0n) is 12.6. The van der Waals surface area contributed by atoms with Gasteiger partial charge in [0.25, 0.3) is 0 Å². The number of rotatable bonds is 4. The lowest BCUT2D eigenvalue weighted by Crippen LogP contribution is -2.38. The van der Waals surface area contributed by atoms with Crippen molar-refractivity contribution >= 4 is 23.7 Å². The van der Waals surface area contributed by atoms with Crippen LogP contribution in [0.5, 0.6) is 5.75 Å². The van der Waals surface area contributed by atoms with Gasteiger partial charge in [0.1, 0.15) is 16.4 Å². The van der Waals surface area contributed by atoms with E-state index in [1.54, 1.807) is 20.8 Å². The minimum absolute atomic E-state index is 0.0596. The third-order valence-corrected chi connectivity index (χ3v) is 2.87. The maximum Gasteiger partial charge on any atom is 0.408 e. The van der Waals surface area contributed by atoms with Gasteiger partial charge in [-0.1, -0.05) is 11.6 Å². The van der Waals surface area contributed by atoms with Gasteiger partial charge < -0.3 is 19.9 Å². The molecule has 0 aliphatic heterocycles. The summed E-state index contributed by atoms with van der Waals surface area (Å²) in [6.07, 6.45) is -0.980. The molecule has 2 N–H and O–H groups in total. The zero-order chi connectivity index (χ0) is 17.1. The highest BCUT2D eigenvalue weighted by atomic mass is 35.5. The van der Waals surface area contributed by atoms with Crippen molar-refractivity contribution in [2.75, 3.05) is 7.11 Å². The van der Waals surface area contributed by atoms with Gasteiger partial charge in [0.15, 0.2) is 11.9 Å². The van der Waals surface area contributed by atoms with Crippen molar-refractivity contribution < 1.29 is 28.6 Å². The molecule has 0 fully saturated rings. The molecule has 0 aromatic heterocycles. The van der Waals surface area contributed by atoms with Crippen LogP contribution >= 0.6 is 11.6 Å². The second-order valence-corrected chi connectivity index (χ2v) is 5.78. The number of benzene rings is 1. The quantitative estimate of drug-likeness (QED) is 0.884. The average Bonchev–Trinajstić information content (AvgIpc) is 2.37. The standard InChI is InChI=1S/C14H17ClFNO5/c1-14(2,3)22-13(20)17-11(12(18)19)7-5-6-8(21-4)9(15)10(7)16/h5-6,11H,1-4H3,(H,17,20)(H,18,19). The van der Waals surface area contributed by atoms with E-state index >= 15 is 0 Å². The molecular formula is C14H17ClFNO5. The Labute approximate surface area is 132 Å². The highest BCUT2D eigenvalue weighted by Crippen LogP contribution is 2.32. The molecule has 6 nitrogen and oxygen atoms in total. The molecule has 1 unspecified atom stereocenters. The van der Waals surface area contributed by atoms with Crippen molar-refractivity contribution in [1.29, 1.82) is 0 Å². The van der Waals surface area contributed by atoms with Crippen LogP contribution in [-0.4, -0.2) is 29.9 Å². The molecule has 0 saturated heterocycles. The normalized spacial score (nSPS) is 12.5. The fourth-order valence-electron chi connectivity index (χ4n) is 1.63. The van der Waals surface area contributed by atoms with Crippen molar-refractivity contribution in [2.45, 2.75) is 32.4 Å². The number of alkyl carbamates (subject to hydrolysis) is 1. The van der Waals surface area contributed by atoms with Gasteiger partial charge in [0, 0.05) is 5.56 Å². The summed E-state index contributed by atoms with van der Waals surface area (Å²) in [5, 5.41) is 10.9. The maximum atomic E-state index is 14.2. The van der Waals surface area contributed by atoms with Gasteiger partial charge in [0.05, 0.1) is 7.11 Å². The van der Waals surface area contributed by atoms with E-state index < -0.39 is 29.5 Å². The predicted molar refractivity (Wildman–Crippen MR) is 77.7 cm³/mol. The molecule has 1 amide bonds. The first-order valence-corrected chi connectivity index (χ1v) is 6.69. The Kier molecular flexibility index (Phi) is 5.59. The number of ether oxygens (including phenoxy) is 2. The monoisotopic (exact) mass is 333 g/mol. The smallest absolute Gasteiger partial charge is 0.408 e. The summed E-state index contributed by atoms with van der Waals surface area (Å²) in [6, 6.07) is 0.849. The van der Waals surface area contributed by atoms with Crippen molar-refractivity contribution in [1.82, 2.24) is 5.32 Å². The largest absolute Gasteiger partial charge is 0.495 e. The third kappa shape index (κ3) is 4.49. The highest BCUT2D eigenvalue weighted by molar-refractivity contribution is 6.32. The molecule has 0 heterocycles. The summed E-state index contributed by atoms with van der Waals surface area (Å²) in [6.45, 7) is 4.85. The second-order valence-electron chi connectivity index (χ2n) is 5.40. The lowest BCUT2D eigenvalue weighted by Gasteiger charge is -2.22. The van der Waals surface area contributed by atoms with E-state index in [1.807, 2.05) is 0 Å². The van der Waals surface area contributed by atoms with Crippen LogP contribution in [0.4, 0.5) is 9.18 Å². The first-order valence-electron chi connectivity index (χ1n) is 6.31. The number of carboxylic acids is 1. The SMILES string of the molecule is COc1ccc(C(NC(=O)OC(C)(C)C)C(=O)O)c(F)c1Cl. The molecule has 0 spiro atoms. The Balaban J connectivity index is 3.10. The molecule has 1 rings (SSSR count). The number of amides is 1. The Morgan fingerprint density at radius 1 is 1.36 bits per heavy atom. The van der Waals surface area contributed by atoms with Gasteiger partial charge in [0.2, 0.25) is 0 Å². The van der Waals surface area contributed by atoms with E-state index in [1.165, 1.54) is 19.2 Å². The fraction of sp³-hybridized carbons (Fsp3) is 0.429. The van der Waals surface area contributed by atoms with Crippen LogP contribution in [0.1, 0.15) is 32.4 Å². The summed E-state index contributed by atoms with van der Waals surface area (Å²) in [5.74, 6) is -2.38.